The second-order valence-electron chi connectivity index (χ2n) is 8.84. The molecule has 8 nitrogen and oxygen atoms in total. The molecule has 0 fully saturated rings. The van der Waals surface area contributed by atoms with E-state index in [9.17, 15) is 9.59 Å². The summed E-state index contributed by atoms with van der Waals surface area (Å²) >= 11 is 6.99. The fraction of sp³-hybridized carbons (Fsp3) is 0.276. The van der Waals surface area contributed by atoms with Gasteiger partial charge in [-0.3, -0.25) is 9.59 Å². The summed E-state index contributed by atoms with van der Waals surface area (Å²) in [6.07, 6.45) is 1.51. The van der Waals surface area contributed by atoms with E-state index in [-0.39, 0.29) is 11.8 Å². The van der Waals surface area contributed by atoms with E-state index in [1.54, 1.807) is 37.4 Å². The van der Waals surface area contributed by atoms with Gasteiger partial charge >= 0.3 is 0 Å². The van der Waals surface area contributed by atoms with Gasteiger partial charge in [-0.1, -0.05) is 41.9 Å². The second-order valence-corrected chi connectivity index (χ2v) is 10.6. The normalized spacial score (nSPS) is 11.8. The first-order chi connectivity index (χ1) is 18.7. The van der Waals surface area contributed by atoms with Crippen LogP contribution in [0.3, 0.4) is 0 Å². The Morgan fingerprint density at radius 3 is 2.31 bits per heavy atom. The number of rotatable bonds is 12. The van der Waals surface area contributed by atoms with Crippen molar-refractivity contribution < 1.29 is 23.8 Å². The molecule has 0 aliphatic rings. The average Bonchev–Trinajstić information content (AvgIpc) is 2.92. The van der Waals surface area contributed by atoms with Gasteiger partial charge in [0.25, 0.3) is 11.8 Å². The summed E-state index contributed by atoms with van der Waals surface area (Å²) in [6, 6.07) is 17.4. The molecule has 206 valence electrons. The van der Waals surface area contributed by atoms with Crippen LogP contribution in [0.5, 0.6) is 17.2 Å². The van der Waals surface area contributed by atoms with E-state index >= 15 is 0 Å². The van der Waals surface area contributed by atoms with Crippen LogP contribution in [0.25, 0.3) is 0 Å². The van der Waals surface area contributed by atoms with Crippen LogP contribution in [-0.2, 0) is 11.4 Å². The molecule has 1 unspecified atom stereocenters. The van der Waals surface area contributed by atoms with Crippen molar-refractivity contribution in [3.8, 4) is 17.2 Å². The number of halogens is 2. The van der Waals surface area contributed by atoms with Gasteiger partial charge in [-0.15, -0.1) is 0 Å². The minimum atomic E-state index is -0.781. The number of carbonyl (C=O) groups excluding carboxylic acids is 2. The molecule has 3 rings (SSSR count). The van der Waals surface area contributed by atoms with Crippen molar-refractivity contribution in [1.29, 1.82) is 0 Å². The van der Waals surface area contributed by atoms with Crippen LogP contribution in [0.4, 0.5) is 0 Å². The zero-order valence-corrected chi connectivity index (χ0v) is 25.3. The Morgan fingerprint density at radius 1 is 1.00 bits per heavy atom. The summed E-state index contributed by atoms with van der Waals surface area (Å²) in [5.41, 5.74) is 4.65. The average molecular weight is 661 g/mol. The molecule has 0 aliphatic carbocycles. The van der Waals surface area contributed by atoms with Crippen LogP contribution in [0, 0.1) is 5.92 Å². The van der Waals surface area contributed by atoms with Crippen molar-refractivity contribution in [3.63, 3.8) is 0 Å². The Labute approximate surface area is 245 Å². The zero-order valence-electron chi connectivity index (χ0n) is 22.2. The number of ether oxygens (including phenoxy) is 3. The highest BCUT2D eigenvalue weighted by atomic mass is 79.9. The first-order valence-electron chi connectivity index (χ1n) is 12.3. The SMILES string of the molecule is CCOc1cc(/C=N/NC(=O)C(NC(=O)c2ccc(OC)cc2)C(C)C)cc(Br)c1OCc1ccc(Br)cc1. The Bertz CT molecular complexity index is 1300. The number of methoxy groups -OCH3 is 1. The molecule has 2 N–H and O–H groups in total. The summed E-state index contributed by atoms with van der Waals surface area (Å²) in [5.74, 6) is 0.803. The first-order valence-corrected chi connectivity index (χ1v) is 13.9. The number of benzene rings is 3. The van der Waals surface area contributed by atoms with E-state index in [1.165, 1.54) is 6.21 Å². The number of hydrogen-bond acceptors (Lipinski definition) is 6. The predicted octanol–water partition coefficient (Wildman–Crippen LogP) is 6.10. The first kappa shape index (κ1) is 30.2. The Balaban J connectivity index is 1.67. The largest absolute Gasteiger partial charge is 0.497 e. The maximum absolute atomic E-state index is 12.9. The van der Waals surface area contributed by atoms with Gasteiger partial charge in [-0.05, 0) is 88.4 Å². The molecule has 0 aromatic heterocycles. The lowest BCUT2D eigenvalue weighted by Gasteiger charge is -2.20. The fourth-order valence-electron chi connectivity index (χ4n) is 3.54. The van der Waals surface area contributed by atoms with E-state index in [0.717, 1.165) is 10.0 Å². The number of amides is 2. The second kappa shape index (κ2) is 14.7. The van der Waals surface area contributed by atoms with Gasteiger partial charge in [0.05, 0.1) is 24.4 Å². The van der Waals surface area contributed by atoms with Crippen LogP contribution >= 0.6 is 31.9 Å². The number of nitrogens with zero attached hydrogens (tertiary/aromatic N) is 1. The van der Waals surface area contributed by atoms with E-state index in [0.29, 0.717) is 46.1 Å². The van der Waals surface area contributed by atoms with Crippen molar-refractivity contribution in [3.05, 3.63) is 86.3 Å². The topological polar surface area (TPSA) is 98.2 Å². The van der Waals surface area contributed by atoms with E-state index in [2.05, 4.69) is 47.7 Å². The van der Waals surface area contributed by atoms with E-state index < -0.39 is 11.9 Å². The highest BCUT2D eigenvalue weighted by Crippen LogP contribution is 2.37. The molecule has 39 heavy (non-hydrogen) atoms. The Kier molecular flexibility index (Phi) is 11.4. The van der Waals surface area contributed by atoms with Crippen LogP contribution in [0.15, 0.2) is 74.7 Å². The highest BCUT2D eigenvalue weighted by Gasteiger charge is 2.24. The van der Waals surface area contributed by atoms with Crippen molar-refractivity contribution in [2.24, 2.45) is 11.0 Å². The van der Waals surface area contributed by atoms with Gasteiger partial charge in [0.2, 0.25) is 0 Å². The van der Waals surface area contributed by atoms with Crippen LogP contribution < -0.4 is 25.0 Å². The predicted molar refractivity (Wildman–Crippen MR) is 159 cm³/mol. The van der Waals surface area contributed by atoms with Crippen LogP contribution in [0.2, 0.25) is 0 Å². The summed E-state index contributed by atoms with van der Waals surface area (Å²) < 4.78 is 18.6. The van der Waals surface area contributed by atoms with Gasteiger partial charge in [0.15, 0.2) is 11.5 Å². The third-order valence-corrected chi connectivity index (χ3v) is 6.72. The van der Waals surface area contributed by atoms with Crippen molar-refractivity contribution >= 4 is 49.9 Å². The molecular weight excluding hydrogens is 630 g/mol. The zero-order chi connectivity index (χ0) is 28.4. The fourth-order valence-corrected chi connectivity index (χ4v) is 4.38. The van der Waals surface area contributed by atoms with E-state index in [1.807, 2.05) is 51.1 Å². The maximum Gasteiger partial charge on any atom is 0.262 e. The molecule has 0 aliphatic heterocycles. The molecule has 0 heterocycles. The number of hydrazone groups is 1. The van der Waals surface area contributed by atoms with Gasteiger partial charge in [-0.2, -0.15) is 5.10 Å². The number of hydrogen-bond donors (Lipinski definition) is 2. The molecule has 1 atom stereocenters. The third kappa shape index (κ3) is 8.83. The lowest BCUT2D eigenvalue weighted by molar-refractivity contribution is -0.123. The summed E-state index contributed by atoms with van der Waals surface area (Å²) in [6.45, 7) is 6.40. The molecule has 0 saturated heterocycles. The lowest BCUT2D eigenvalue weighted by Crippen LogP contribution is -2.48. The van der Waals surface area contributed by atoms with E-state index in [4.69, 9.17) is 14.2 Å². The molecule has 0 saturated carbocycles. The van der Waals surface area contributed by atoms with Gasteiger partial charge in [0.1, 0.15) is 18.4 Å². The highest BCUT2D eigenvalue weighted by molar-refractivity contribution is 9.10. The minimum Gasteiger partial charge on any atom is -0.497 e. The lowest BCUT2D eigenvalue weighted by atomic mass is 10.0. The Morgan fingerprint density at radius 2 is 1.69 bits per heavy atom. The molecule has 2 amide bonds. The summed E-state index contributed by atoms with van der Waals surface area (Å²) in [4.78, 5) is 25.5. The van der Waals surface area contributed by atoms with Crippen LogP contribution in [0.1, 0.15) is 42.3 Å². The molecule has 3 aromatic carbocycles. The van der Waals surface area contributed by atoms with Gasteiger partial charge in [-0.25, -0.2) is 5.43 Å². The maximum atomic E-state index is 12.9. The number of nitrogens with one attached hydrogen (secondary N) is 2. The van der Waals surface area contributed by atoms with Crippen molar-refractivity contribution in [2.75, 3.05) is 13.7 Å². The van der Waals surface area contributed by atoms with Gasteiger partial charge in [0, 0.05) is 10.0 Å². The standard InChI is InChI=1S/C29H31Br2N3O5/c1-5-38-25-15-20(14-24(31)27(25)39-17-19-6-10-22(30)11-7-19)16-32-34-29(36)26(18(2)3)33-28(35)21-8-12-23(37-4)13-9-21/h6-16,18,26H,5,17H2,1-4H3,(H,33,35)(H,34,36)/b32-16+. The van der Waals surface area contributed by atoms with Crippen molar-refractivity contribution in [1.82, 2.24) is 10.7 Å². The molecule has 0 spiro atoms. The van der Waals surface area contributed by atoms with Crippen molar-refractivity contribution in [2.45, 2.75) is 33.4 Å². The molecule has 10 heteroatoms. The summed E-state index contributed by atoms with van der Waals surface area (Å²) in [5, 5.41) is 6.89. The molecule has 0 bridgehead atoms. The smallest absolute Gasteiger partial charge is 0.262 e. The monoisotopic (exact) mass is 659 g/mol. The van der Waals surface area contributed by atoms with Crippen LogP contribution in [-0.4, -0.2) is 37.8 Å². The third-order valence-electron chi connectivity index (χ3n) is 5.60. The quantitative estimate of drug-likeness (QED) is 0.181. The minimum absolute atomic E-state index is 0.164. The Hall–Kier alpha value is -3.37. The summed E-state index contributed by atoms with van der Waals surface area (Å²) in [7, 11) is 1.55. The molecule has 0 radical (unpaired) electrons. The van der Waals surface area contributed by atoms with Gasteiger partial charge < -0.3 is 19.5 Å². The molecular formula is C29H31Br2N3O5. The molecule has 3 aromatic rings. The number of carbonyl (C=O) groups is 2.